The fourth-order valence-electron chi connectivity index (χ4n) is 5.44. The molecule has 0 fully saturated rings. The summed E-state index contributed by atoms with van der Waals surface area (Å²) in [5.74, 6) is 0.244. The molecule has 0 spiro atoms. The van der Waals surface area contributed by atoms with Crippen LogP contribution in [0, 0.1) is 5.92 Å². The second-order valence-electron chi connectivity index (χ2n) is 12.6. The maximum Gasteiger partial charge on any atom is 0.243 e. The quantitative estimate of drug-likeness (QED) is 0.298. The lowest BCUT2D eigenvalue weighted by Crippen LogP contribution is -2.54. The van der Waals surface area contributed by atoms with Gasteiger partial charge in [-0.2, -0.15) is 5.10 Å². The highest BCUT2D eigenvalue weighted by Gasteiger charge is 2.28. The minimum atomic E-state index is -0.873. The van der Waals surface area contributed by atoms with Crippen LogP contribution in [-0.2, 0) is 25.7 Å². The number of carbonyl (C=O) groups is 4. The van der Waals surface area contributed by atoms with Gasteiger partial charge in [-0.1, -0.05) is 68.5 Å². The SMILES string of the molecule is COc1ccc(/C=C/CN2CCCNC(=O)Cn3nc(-c4ccccc4)nc3[C@H](C)NC(=O)[C@@H](CC(C)C)NC(=O)[C@@H](C)NC(=O)C2)cc1. The van der Waals surface area contributed by atoms with Gasteiger partial charge in [-0.25, -0.2) is 9.67 Å². The molecule has 49 heavy (non-hydrogen) atoms. The summed E-state index contributed by atoms with van der Waals surface area (Å²) in [6.07, 6.45) is 4.88. The van der Waals surface area contributed by atoms with Crippen molar-refractivity contribution in [3.8, 4) is 17.1 Å². The van der Waals surface area contributed by atoms with E-state index in [0.717, 1.165) is 16.9 Å². The molecule has 1 aromatic heterocycles. The van der Waals surface area contributed by atoms with Crippen LogP contribution in [0.2, 0.25) is 0 Å². The largest absolute Gasteiger partial charge is 0.497 e. The number of carbonyl (C=O) groups excluding carboxylic acids is 4. The number of rotatable bonds is 7. The van der Waals surface area contributed by atoms with Gasteiger partial charge < -0.3 is 26.0 Å². The molecule has 0 saturated heterocycles. The highest BCUT2D eigenvalue weighted by atomic mass is 16.5. The summed E-state index contributed by atoms with van der Waals surface area (Å²) in [5.41, 5.74) is 1.76. The molecule has 13 nitrogen and oxygen atoms in total. The standard InChI is InChI=1S/C36H48N8O5/c1-24(2)21-30-36(48)39-25(3)34-41-33(28-12-7-6-8-13-28)42-44(34)23-31(45)37-18-10-20-43(22-32(46)38-26(4)35(47)40-30)19-9-11-27-14-16-29(49-5)17-15-27/h6-9,11-17,24-26,30H,10,18-23H2,1-5H3,(H,37,45)(H,38,46)(H,39,48)(H,40,47)/b11-9+/t25-,26+,30+/m0/s1. The summed E-state index contributed by atoms with van der Waals surface area (Å²) in [6, 6.07) is 14.7. The topological polar surface area (TPSA) is 160 Å². The lowest BCUT2D eigenvalue weighted by atomic mass is 10.0. The average molecular weight is 673 g/mol. The molecule has 0 unspecified atom stereocenters. The highest BCUT2D eigenvalue weighted by molar-refractivity contribution is 5.92. The van der Waals surface area contributed by atoms with E-state index in [1.54, 1.807) is 21.0 Å². The van der Waals surface area contributed by atoms with E-state index in [-0.39, 0.29) is 30.8 Å². The Hall–Kier alpha value is -5.04. The number of hydrogen-bond acceptors (Lipinski definition) is 8. The lowest BCUT2D eigenvalue weighted by Gasteiger charge is -2.25. The van der Waals surface area contributed by atoms with E-state index in [2.05, 4.69) is 26.4 Å². The molecule has 4 N–H and O–H groups in total. The summed E-state index contributed by atoms with van der Waals surface area (Å²) in [6.45, 7) is 8.57. The molecule has 1 aliphatic heterocycles. The van der Waals surface area contributed by atoms with Crippen molar-refractivity contribution in [2.24, 2.45) is 5.92 Å². The Balaban J connectivity index is 1.56. The maximum absolute atomic E-state index is 13.6. The number of benzene rings is 2. The van der Waals surface area contributed by atoms with Crippen LogP contribution in [0.5, 0.6) is 5.75 Å². The first kappa shape index (κ1) is 36.8. The summed E-state index contributed by atoms with van der Waals surface area (Å²) in [4.78, 5) is 59.7. The van der Waals surface area contributed by atoms with Gasteiger partial charge in [-0.05, 0) is 50.3 Å². The van der Waals surface area contributed by atoms with E-state index in [1.165, 1.54) is 4.68 Å². The summed E-state index contributed by atoms with van der Waals surface area (Å²) < 4.78 is 6.74. The van der Waals surface area contributed by atoms with Crippen LogP contribution in [0.4, 0.5) is 0 Å². The van der Waals surface area contributed by atoms with Gasteiger partial charge in [0.2, 0.25) is 23.6 Å². The Kier molecular flexibility index (Phi) is 13.5. The predicted molar refractivity (Wildman–Crippen MR) is 187 cm³/mol. The molecule has 3 atom stereocenters. The number of nitrogens with zero attached hydrogens (tertiary/aromatic N) is 4. The van der Waals surface area contributed by atoms with E-state index in [4.69, 9.17) is 9.72 Å². The summed E-state index contributed by atoms with van der Waals surface area (Å²) in [5, 5.41) is 16.1. The third kappa shape index (κ3) is 11.3. The van der Waals surface area contributed by atoms with E-state index in [1.807, 2.05) is 85.5 Å². The Labute approximate surface area is 287 Å². The van der Waals surface area contributed by atoms with Crippen LogP contribution in [0.3, 0.4) is 0 Å². The lowest BCUT2D eigenvalue weighted by molar-refractivity contribution is -0.132. The normalized spacial score (nSPS) is 20.7. The molecule has 13 heteroatoms. The number of nitrogens with one attached hydrogen (secondary N) is 4. The second-order valence-corrected chi connectivity index (χ2v) is 12.6. The first-order valence-corrected chi connectivity index (χ1v) is 16.7. The van der Waals surface area contributed by atoms with E-state index in [0.29, 0.717) is 44.1 Å². The van der Waals surface area contributed by atoms with Gasteiger partial charge in [0.1, 0.15) is 30.2 Å². The van der Waals surface area contributed by atoms with Crippen LogP contribution in [-0.4, -0.2) is 88.7 Å². The molecule has 4 amide bonds. The summed E-state index contributed by atoms with van der Waals surface area (Å²) >= 11 is 0. The van der Waals surface area contributed by atoms with Crippen molar-refractivity contribution in [3.63, 3.8) is 0 Å². The summed E-state index contributed by atoms with van der Waals surface area (Å²) in [7, 11) is 1.62. The molecule has 0 aliphatic carbocycles. The van der Waals surface area contributed by atoms with Gasteiger partial charge >= 0.3 is 0 Å². The van der Waals surface area contributed by atoms with Gasteiger partial charge in [0.25, 0.3) is 0 Å². The zero-order chi connectivity index (χ0) is 35.3. The van der Waals surface area contributed by atoms with E-state index < -0.39 is 29.9 Å². The number of fused-ring (bicyclic) bond motifs is 1. The third-order valence-corrected chi connectivity index (χ3v) is 8.01. The first-order chi connectivity index (χ1) is 23.5. The van der Waals surface area contributed by atoms with E-state index in [9.17, 15) is 19.2 Å². The van der Waals surface area contributed by atoms with Gasteiger partial charge in [0, 0.05) is 25.2 Å². The van der Waals surface area contributed by atoms with E-state index >= 15 is 0 Å². The van der Waals surface area contributed by atoms with Crippen LogP contribution < -0.4 is 26.0 Å². The van der Waals surface area contributed by atoms with Gasteiger partial charge in [-0.15, -0.1) is 0 Å². The molecule has 2 heterocycles. The number of hydrogen-bond donors (Lipinski definition) is 4. The number of aromatic nitrogens is 3. The van der Waals surface area contributed by atoms with Crippen LogP contribution >= 0.6 is 0 Å². The molecule has 2 aromatic carbocycles. The second kappa shape index (κ2) is 17.9. The molecule has 4 rings (SSSR count). The zero-order valence-corrected chi connectivity index (χ0v) is 28.9. The predicted octanol–water partition coefficient (Wildman–Crippen LogP) is 2.70. The van der Waals surface area contributed by atoms with Crippen molar-refractivity contribution in [2.75, 3.05) is 33.3 Å². The van der Waals surface area contributed by atoms with Crippen molar-refractivity contribution in [1.29, 1.82) is 0 Å². The molecule has 0 saturated carbocycles. The molecule has 0 radical (unpaired) electrons. The Bertz CT molecular complexity index is 1590. The molecule has 1 aliphatic rings. The van der Waals surface area contributed by atoms with Crippen molar-refractivity contribution in [1.82, 2.24) is 40.9 Å². The third-order valence-electron chi connectivity index (χ3n) is 8.01. The number of methoxy groups -OCH3 is 1. The molecule has 262 valence electrons. The number of amides is 4. The minimum absolute atomic E-state index is 0.0382. The maximum atomic E-state index is 13.6. The van der Waals surface area contributed by atoms with Crippen molar-refractivity contribution in [3.05, 3.63) is 72.1 Å². The Morgan fingerprint density at radius 3 is 2.33 bits per heavy atom. The van der Waals surface area contributed by atoms with Gasteiger partial charge in [-0.3, -0.25) is 24.1 Å². The Morgan fingerprint density at radius 2 is 1.63 bits per heavy atom. The molecular weight excluding hydrogens is 624 g/mol. The Morgan fingerprint density at radius 1 is 0.898 bits per heavy atom. The monoisotopic (exact) mass is 672 g/mol. The van der Waals surface area contributed by atoms with Crippen LogP contribution in [0.1, 0.15) is 58.0 Å². The first-order valence-electron chi connectivity index (χ1n) is 16.7. The van der Waals surface area contributed by atoms with Crippen molar-refractivity contribution < 1.29 is 23.9 Å². The van der Waals surface area contributed by atoms with Gasteiger partial charge in [0.05, 0.1) is 19.7 Å². The minimum Gasteiger partial charge on any atom is -0.497 e. The zero-order valence-electron chi connectivity index (χ0n) is 28.9. The van der Waals surface area contributed by atoms with Gasteiger partial charge in [0.15, 0.2) is 5.82 Å². The molecular formula is C36H48N8O5. The average Bonchev–Trinajstić information content (AvgIpc) is 3.50. The smallest absolute Gasteiger partial charge is 0.243 e. The molecule has 3 aromatic rings. The fourth-order valence-corrected chi connectivity index (χ4v) is 5.44. The van der Waals surface area contributed by atoms with Crippen LogP contribution in [0.25, 0.3) is 17.5 Å². The number of ether oxygens (including phenoxy) is 1. The van der Waals surface area contributed by atoms with Crippen molar-refractivity contribution in [2.45, 2.75) is 65.2 Å². The van der Waals surface area contributed by atoms with Crippen molar-refractivity contribution >= 4 is 29.7 Å². The fraction of sp³-hybridized carbons (Fsp3) is 0.444. The highest BCUT2D eigenvalue weighted by Crippen LogP contribution is 2.20. The molecule has 0 bridgehead atoms. The van der Waals surface area contributed by atoms with Crippen LogP contribution in [0.15, 0.2) is 60.7 Å².